The van der Waals surface area contributed by atoms with Crippen LogP contribution in [0.2, 0.25) is 0 Å². The summed E-state index contributed by atoms with van der Waals surface area (Å²) in [6.45, 7) is 5.67. The van der Waals surface area contributed by atoms with Crippen molar-refractivity contribution in [3.63, 3.8) is 0 Å². The molecular weight excluding hydrogens is 464 g/mol. The first kappa shape index (κ1) is 26.5. The third-order valence-corrected chi connectivity index (χ3v) is 5.70. The molecule has 3 rings (SSSR count). The van der Waals surface area contributed by atoms with Gasteiger partial charge in [-0.1, -0.05) is 43.7 Å². The van der Waals surface area contributed by atoms with E-state index in [-0.39, 0.29) is 23.9 Å². The van der Waals surface area contributed by atoms with Gasteiger partial charge < -0.3 is 15.2 Å². The number of aryl methyl sites for hydroxylation is 1. The highest BCUT2D eigenvalue weighted by molar-refractivity contribution is 5.76. The maximum atomic E-state index is 13.1. The van der Waals surface area contributed by atoms with Gasteiger partial charge in [-0.15, -0.1) is 0 Å². The number of hydrogen-bond donors (Lipinski definition) is 2. The fourth-order valence-electron chi connectivity index (χ4n) is 3.97. The number of aromatic nitrogens is 3. The van der Waals surface area contributed by atoms with Crippen molar-refractivity contribution in [2.75, 3.05) is 12.8 Å². The van der Waals surface area contributed by atoms with Gasteiger partial charge in [0.15, 0.2) is 0 Å². The van der Waals surface area contributed by atoms with Crippen molar-refractivity contribution in [1.82, 2.24) is 20.3 Å². The van der Waals surface area contributed by atoms with E-state index in [0.717, 1.165) is 17.3 Å². The van der Waals surface area contributed by atoms with Crippen molar-refractivity contribution in [2.24, 2.45) is 0 Å². The molecule has 2 aromatic heterocycles. The summed E-state index contributed by atoms with van der Waals surface area (Å²) in [5, 5.41) is 15.1. The van der Waals surface area contributed by atoms with E-state index in [4.69, 9.17) is 15.2 Å². The van der Waals surface area contributed by atoms with Gasteiger partial charge in [-0.2, -0.15) is 0 Å². The molecule has 0 saturated carbocycles. The van der Waals surface area contributed by atoms with Gasteiger partial charge in [-0.25, -0.2) is 9.97 Å². The van der Waals surface area contributed by atoms with Crippen molar-refractivity contribution < 1.29 is 19.2 Å². The molecular formula is C25H30N6O5. The number of carbonyl (C=O) groups is 1. The Bertz CT molecular complexity index is 1220. The molecule has 0 aliphatic rings. The van der Waals surface area contributed by atoms with E-state index in [0.29, 0.717) is 29.8 Å². The van der Waals surface area contributed by atoms with Crippen LogP contribution in [0.5, 0.6) is 5.75 Å². The first-order valence-electron chi connectivity index (χ1n) is 11.5. The molecule has 1 aromatic carbocycles. The van der Waals surface area contributed by atoms with E-state index in [1.807, 2.05) is 44.2 Å². The maximum Gasteiger partial charge on any atom is 0.323 e. The van der Waals surface area contributed by atoms with E-state index in [9.17, 15) is 14.9 Å². The summed E-state index contributed by atoms with van der Waals surface area (Å²) < 4.78 is 11.1. The summed E-state index contributed by atoms with van der Waals surface area (Å²) in [7, 11) is 1.54. The van der Waals surface area contributed by atoms with E-state index in [1.165, 1.54) is 7.11 Å². The van der Waals surface area contributed by atoms with Crippen LogP contribution in [-0.4, -0.2) is 39.0 Å². The molecule has 1 unspecified atom stereocenters. The summed E-state index contributed by atoms with van der Waals surface area (Å²) in [6, 6.07) is 7.55. The second-order valence-electron chi connectivity index (χ2n) is 8.27. The molecule has 3 aromatic rings. The highest BCUT2D eigenvalue weighted by atomic mass is 16.6. The molecule has 0 aliphatic carbocycles. The molecule has 0 spiro atoms. The van der Waals surface area contributed by atoms with Gasteiger partial charge in [-0.05, 0) is 25.8 Å². The third kappa shape index (κ3) is 6.11. The molecule has 3 N–H and O–H groups in total. The minimum Gasteiger partial charge on any atom is -0.496 e. The van der Waals surface area contributed by atoms with Gasteiger partial charge in [0.2, 0.25) is 5.95 Å². The van der Waals surface area contributed by atoms with E-state index >= 15 is 0 Å². The number of nitrogen functional groups attached to an aromatic ring is 1. The van der Waals surface area contributed by atoms with Crippen molar-refractivity contribution in [1.29, 1.82) is 0 Å². The number of esters is 1. The Balaban J connectivity index is 2.05. The molecule has 11 nitrogen and oxygen atoms in total. The van der Waals surface area contributed by atoms with Crippen LogP contribution in [0.15, 0.2) is 42.7 Å². The van der Waals surface area contributed by atoms with Gasteiger partial charge in [0.25, 0.3) is 0 Å². The first-order chi connectivity index (χ1) is 17.3. The minimum atomic E-state index is -0.967. The van der Waals surface area contributed by atoms with Crippen LogP contribution in [0, 0.1) is 24.0 Å². The molecule has 0 bridgehead atoms. The Kier molecular flexibility index (Phi) is 8.85. The summed E-state index contributed by atoms with van der Waals surface area (Å²) in [5.74, 6) is -0.0554. The number of nitrogens with one attached hydrogen (secondary N) is 1. The first-order valence-corrected chi connectivity index (χ1v) is 11.5. The smallest absolute Gasteiger partial charge is 0.323 e. The average Bonchev–Trinajstić information content (AvgIpc) is 2.86. The fourth-order valence-corrected chi connectivity index (χ4v) is 3.97. The summed E-state index contributed by atoms with van der Waals surface area (Å²) in [6.07, 6.45) is 3.73. The molecule has 2 heterocycles. The van der Waals surface area contributed by atoms with Crippen LogP contribution in [-0.2, 0) is 16.1 Å². The number of benzene rings is 1. The van der Waals surface area contributed by atoms with E-state index < -0.39 is 23.0 Å². The number of hydrogen-bond acceptors (Lipinski definition) is 10. The van der Waals surface area contributed by atoms with Crippen LogP contribution >= 0.6 is 0 Å². The Labute approximate surface area is 209 Å². The molecule has 11 heteroatoms. The Morgan fingerprint density at radius 1 is 1.17 bits per heavy atom. The van der Waals surface area contributed by atoms with E-state index in [1.54, 1.807) is 13.1 Å². The number of nitrogens with two attached hydrogens (primary N) is 1. The highest BCUT2D eigenvalue weighted by Gasteiger charge is 2.33. The van der Waals surface area contributed by atoms with E-state index in [2.05, 4.69) is 20.3 Å². The summed E-state index contributed by atoms with van der Waals surface area (Å²) in [4.78, 5) is 36.9. The maximum absolute atomic E-state index is 13.1. The third-order valence-electron chi connectivity index (χ3n) is 5.70. The molecule has 0 aliphatic heterocycles. The number of pyridine rings is 1. The largest absolute Gasteiger partial charge is 0.496 e. The van der Waals surface area contributed by atoms with Crippen molar-refractivity contribution >= 4 is 17.6 Å². The zero-order valence-corrected chi connectivity index (χ0v) is 20.7. The van der Waals surface area contributed by atoms with Gasteiger partial charge in [-0.3, -0.25) is 25.2 Å². The van der Waals surface area contributed by atoms with Gasteiger partial charge in [0.05, 0.1) is 17.7 Å². The molecule has 190 valence electrons. The lowest BCUT2D eigenvalue weighted by atomic mass is 9.99. The SMILES string of the molecule is CCC[C@@H](NC(c1nc(N)ncc1[N+](=O)[O-])c1ncc(C)c(OC)c1C)C(=O)OCc1ccccc1. The molecule has 0 radical (unpaired) electrons. The zero-order chi connectivity index (χ0) is 26.2. The zero-order valence-electron chi connectivity index (χ0n) is 20.7. The monoisotopic (exact) mass is 494 g/mol. The van der Waals surface area contributed by atoms with Crippen LogP contribution in [0.3, 0.4) is 0 Å². The highest BCUT2D eigenvalue weighted by Crippen LogP contribution is 2.34. The summed E-state index contributed by atoms with van der Waals surface area (Å²) in [5.41, 5.74) is 8.15. The lowest BCUT2D eigenvalue weighted by molar-refractivity contribution is -0.386. The molecule has 0 fully saturated rings. The topological polar surface area (TPSA) is 155 Å². The number of carbonyl (C=O) groups excluding carboxylic acids is 1. The standard InChI is InChI=1S/C25H30N6O5/c1-5-9-18(24(32)36-14-17-10-7-6-8-11-17)29-22(20-16(3)23(35-4)15(2)12-27-20)21-19(31(33)34)13-28-25(26)30-21/h6-8,10-13,18,22,29H,5,9,14H2,1-4H3,(H2,26,28,30)/t18-,22?/m1/s1. The number of methoxy groups -OCH3 is 1. The van der Waals surface area contributed by atoms with Crippen LogP contribution in [0.1, 0.15) is 53.9 Å². The minimum absolute atomic E-state index is 0.00836. The number of ether oxygens (including phenoxy) is 2. The second kappa shape index (κ2) is 12.0. The number of nitrogens with zero attached hydrogens (tertiary/aromatic N) is 4. The van der Waals surface area contributed by atoms with Crippen LogP contribution in [0.25, 0.3) is 0 Å². The molecule has 36 heavy (non-hydrogen) atoms. The van der Waals surface area contributed by atoms with Gasteiger partial charge in [0, 0.05) is 17.3 Å². The second-order valence-corrected chi connectivity index (χ2v) is 8.27. The number of anilines is 1. The van der Waals surface area contributed by atoms with Gasteiger partial charge >= 0.3 is 11.7 Å². The van der Waals surface area contributed by atoms with Crippen LogP contribution < -0.4 is 15.8 Å². The lowest BCUT2D eigenvalue weighted by Crippen LogP contribution is -2.41. The summed E-state index contributed by atoms with van der Waals surface area (Å²) >= 11 is 0. The predicted octanol–water partition coefficient (Wildman–Crippen LogP) is 3.58. The van der Waals surface area contributed by atoms with Crippen molar-refractivity contribution in [2.45, 2.75) is 52.3 Å². The predicted molar refractivity (Wildman–Crippen MR) is 133 cm³/mol. The van der Waals surface area contributed by atoms with Crippen molar-refractivity contribution in [3.05, 3.63) is 80.9 Å². The quantitative estimate of drug-likeness (QED) is 0.229. The fraction of sp³-hybridized carbons (Fsp3) is 0.360. The van der Waals surface area contributed by atoms with Gasteiger partial charge in [0.1, 0.15) is 36.3 Å². The Morgan fingerprint density at radius 2 is 1.89 bits per heavy atom. The number of rotatable bonds is 11. The number of nitro groups is 1. The van der Waals surface area contributed by atoms with Crippen LogP contribution in [0.4, 0.5) is 11.6 Å². The molecule has 2 atom stereocenters. The normalized spacial score (nSPS) is 12.6. The lowest BCUT2D eigenvalue weighted by Gasteiger charge is -2.26. The Morgan fingerprint density at radius 3 is 2.53 bits per heavy atom. The average molecular weight is 495 g/mol. The molecule has 0 saturated heterocycles. The Hall–Kier alpha value is -4.12. The molecule has 0 amide bonds. The van der Waals surface area contributed by atoms with Crippen molar-refractivity contribution in [3.8, 4) is 5.75 Å².